The first-order valence-electron chi connectivity index (χ1n) is 6.95. The quantitative estimate of drug-likeness (QED) is 0.760. The van der Waals surface area contributed by atoms with Gasteiger partial charge in [-0.3, -0.25) is 0 Å². The molecule has 0 atom stereocenters. The van der Waals surface area contributed by atoms with Crippen molar-refractivity contribution in [1.29, 1.82) is 0 Å². The fourth-order valence-corrected chi connectivity index (χ4v) is 3.38. The zero-order chi connectivity index (χ0) is 15.9. The summed E-state index contributed by atoms with van der Waals surface area (Å²) >= 11 is 0. The molecule has 23 heavy (non-hydrogen) atoms. The highest BCUT2D eigenvalue weighted by Gasteiger charge is 2.20. The summed E-state index contributed by atoms with van der Waals surface area (Å²) < 4.78 is 37.6. The molecule has 1 aliphatic rings. The number of para-hydroxylation sites is 2. The van der Waals surface area contributed by atoms with Crippen molar-refractivity contribution in [2.24, 2.45) is 0 Å². The molecule has 0 bridgehead atoms. The molecule has 1 aliphatic heterocycles. The number of nitrogens with one attached hydrogen (secondary N) is 2. The molecule has 3 aromatic rings. The molecule has 4 rings (SSSR count). The summed E-state index contributed by atoms with van der Waals surface area (Å²) in [6.45, 7) is 0.177. The highest BCUT2D eigenvalue weighted by molar-refractivity contribution is 7.89. The van der Waals surface area contributed by atoms with Crippen molar-refractivity contribution in [2.75, 3.05) is 6.79 Å². The van der Waals surface area contributed by atoms with Crippen LogP contribution in [0.25, 0.3) is 11.0 Å². The molecule has 0 unspecified atom stereocenters. The van der Waals surface area contributed by atoms with E-state index in [1.807, 2.05) is 24.3 Å². The predicted octanol–water partition coefficient (Wildman–Crippen LogP) is 1.77. The van der Waals surface area contributed by atoms with Crippen LogP contribution in [0.4, 0.5) is 0 Å². The summed E-state index contributed by atoms with van der Waals surface area (Å²) in [5.41, 5.74) is 1.66. The fraction of sp³-hybridized carbons (Fsp3) is 0.133. The average Bonchev–Trinajstić information content (AvgIpc) is 3.18. The van der Waals surface area contributed by atoms with Gasteiger partial charge in [0.05, 0.1) is 22.5 Å². The number of ether oxygens (including phenoxy) is 2. The molecule has 0 saturated heterocycles. The Kier molecular flexibility index (Phi) is 3.21. The van der Waals surface area contributed by atoms with Crippen LogP contribution in [0.1, 0.15) is 5.82 Å². The highest BCUT2D eigenvalue weighted by atomic mass is 32.2. The lowest BCUT2D eigenvalue weighted by molar-refractivity contribution is 0.174. The van der Waals surface area contributed by atoms with E-state index in [-0.39, 0.29) is 18.2 Å². The van der Waals surface area contributed by atoms with Crippen LogP contribution < -0.4 is 14.2 Å². The molecular weight excluding hydrogens is 318 g/mol. The molecule has 0 spiro atoms. The summed E-state index contributed by atoms with van der Waals surface area (Å²) in [5, 5.41) is 0. The Bertz CT molecular complexity index is 948. The second-order valence-corrected chi connectivity index (χ2v) is 6.81. The Morgan fingerprint density at radius 1 is 1.13 bits per heavy atom. The third-order valence-corrected chi connectivity index (χ3v) is 4.92. The van der Waals surface area contributed by atoms with Gasteiger partial charge in [-0.1, -0.05) is 12.1 Å². The number of sulfonamides is 1. The van der Waals surface area contributed by atoms with Crippen LogP contribution in [0.3, 0.4) is 0 Å². The Labute approximate surface area is 132 Å². The van der Waals surface area contributed by atoms with E-state index >= 15 is 0 Å². The molecule has 0 radical (unpaired) electrons. The van der Waals surface area contributed by atoms with E-state index in [0.29, 0.717) is 17.3 Å². The zero-order valence-electron chi connectivity index (χ0n) is 11.9. The van der Waals surface area contributed by atoms with Crippen LogP contribution in [0.2, 0.25) is 0 Å². The number of hydrogen-bond donors (Lipinski definition) is 2. The van der Waals surface area contributed by atoms with Gasteiger partial charge >= 0.3 is 0 Å². The number of nitrogens with zero attached hydrogens (tertiary/aromatic N) is 1. The van der Waals surface area contributed by atoms with Gasteiger partial charge in [-0.15, -0.1) is 0 Å². The maximum Gasteiger partial charge on any atom is 0.241 e. The van der Waals surface area contributed by atoms with Gasteiger partial charge in [0.2, 0.25) is 16.8 Å². The molecule has 0 aliphatic carbocycles. The van der Waals surface area contributed by atoms with Crippen molar-refractivity contribution in [2.45, 2.75) is 11.4 Å². The van der Waals surface area contributed by atoms with Gasteiger partial charge in [-0.2, -0.15) is 0 Å². The molecule has 7 nitrogen and oxygen atoms in total. The number of rotatable bonds is 4. The van der Waals surface area contributed by atoms with Crippen molar-refractivity contribution >= 4 is 21.1 Å². The lowest BCUT2D eigenvalue weighted by Crippen LogP contribution is -2.23. The molecule has 0 amide bonds. The lowest BCUT2D eigenvalue weighted by Gasteiger charge is -2.06. The monoisotopic (exact) mass is 331 g/mol. The first-order chi connectivity index (χ1) is 11.1. The Balaban J connectivity index is 1.55. The van der Waals surface area contributed by atoms with E-state index in [0.717, 1.165) is 11.0 Å². The van der Waals surface area contributed by atoms with Gasteiger partial charge in [0.15, 0.2) is 11.5 Å². The molecular formula is C15H13N3O4S. The summed E-state index contributed by atoms with van der Waals surface area (Å²) in [7, 11) is -3.66. The predicted molar refractivity (Wildman–Crippen MR) is 82.7 cm³/mol. The number of aromatic amines is 1. The maximum atomic E-state index is 12.4. The summed E-state index contributed by atoms with van der Waals surface area (Å²) in [6.07, 6.45) is 0. The summed E-state index contributed by atoms with van der Waals surface area (Å²) in [5.74, 6) is 1.52. The molecule has 2 aromatic carbocycles. The molecule has 118 valence electrons. The first-order valence-corrected chi connectivity index (χ1v) is 8.43. The van der Waals surface area contributed by atoms with Crippen LogP contribution >= 0.6 is 0 Å². The smallest absolute Gasteiger partial charge is 0.241 e. The topological polar surface area (TPSA) is 93.3 Å². The summed E-state index contributed by atoms with van der Waals surface area (Å²) in [4.78, 5) is 7.54. The number of fused-ring (bicyclic) bond motifs is 2. The van der Waals surface area contributed by atoms with Gasteiger partial charge in [0, 0.05) is 6.07 Å². The second-order valence-electron chi connectivity index (χ2n) is 5.04. The molecule has 0 saturated carbocycles. The number of H-pyrrole nitrogens is 1. The molecule has 8 heteroatoms. The van der Waals surface area contributed by atoms with Crippen LogP contribution in [0, 0.1) is 0 Å². The van der Waals surface area contributed by atoms with Crippen LogP contribution in [-0.4, -0.2) is 25.2 Å². The molecule has 0 fully saturated rings. The van der Waals surface area contributed by atoms with Gasteiger partial charge in [0.1, 0.15) is 5.82 Å². The Hall–Kier alpha value is -2.58. The minimum atomic E-state index is -3.66. The first kappa shape index (κ1) is 14.0. The van der Waals surface area contributed by atoms with Crippen molar-refractivity contribution in [3.8, 4) is 11.5 Å². The SMILES string of the molecule is O=S(=O)(NCc1nc2ccccc2[nH]1)c1ccc2c(c1)OCO2. The number of benzene rings is 2. The third kappa shape index (κ3) is 2.62. The number of aromatic nitrogens is 2. The van der Waals surface area contributed by atoms with E-state index < -0.39 is 10.0 Å². The molecule has 1 aromatic heterocycles. The Morgan fingerprint density at radius 2 is 1.96 bits per heavy atom. The number of hydrogen-bond acceptors (Lipinski definition) is 5. The van der Waals surface area contributed by atoms with Crippen LogP contribution in [0.15, 0.2) is 47.4 Å². The van der Waals surface area contributed by atoms with Crippen LogP contribution in [-0.2, 0) is 16.6 Å². The van der Waals surface area contributed by atoms with E-state index in [9.17, 15) is 8.42 Å². The second kappa shape index (κ2) is 5.25. The third-order valence-electron chi connectivity index (χ3n) is 3.52. The van der Waals surface area contributed by atoms with Crippen LogP contribution in [0.5, 0.6) is 11.5 Å². The normalized spacial score (nSPS) is 13.6. The molecule has 2 heterocycles. The van der Waals surface area contributed by atoms with Crippen molar-refractivity contribution < 1.29 is 17.9 Å². The van der Waals surface area contributed by atoms with E-state index in [1.54, 1.807) is 6.07 Å². The van der Waals surface area contributed by atoms with E-state index in [4.69, 9.17) is 9.47 Å². The largest absolute Gasteiger partial charge is 0.454 e. The minimum absolute atomic E-state index is 0.0749. The number of imidazole rings is 1. The van der Waals surface area contributed by atoms with E-state index in [1.165, 1.54) is 12.1 Å². The standard InChI is InChI=1S/C15H13N3O4S/c19-23(20,10-5-6-13-14(7-10)22-9-21-13)16-8-15-17-11-3-1-2-4-12(11)18-15/h1-7,16H,8-9H2,(H,17,18). The van der Waals surface area contributed by atoms with Gasteiger partial charge in [-0.05, 0) is 24.3 Å². The van der Waals surface area contributed by atoms with Crippen molar-refractivity contribution in [1.82, 2.24) is 14.7 Å². The average molecular weight is 331 g/mol. The van der Waals surface area contributed by atoms with Gasteiger partial charge in [-0.25, -0.2) is 18.1 Å². The Morgan fingerprint density at radius 3 is 2.83 bits per heavy atom. The minimum Gasteiger partial charge on any atom is -0.454 e. The van der Waals surface area contributed by atoms with E-state index in [2.05, 4.69) is 14.7 Å². The van der Waals surface area contributed by atoms with Crippen molar-refractivity contribution in [3.63, 3.8) is 0 Å². The zero-order valence-corrected chi connectivity index (χ0v) is 12.8. The fourth-order valence-electron chi connectivity index (χ4n) is 2.38. The highest BCUT2D eigenvalue weighted by Crippen LogP contribution is 2.33. The van der Waals surface area contributed by atoms with Gasteiger partial charge < -0.3 is 14.5 Å². The molecule has 2 N–H and O–H groups in total. The van der Waals surface area contributed by atoms with Crippen molar-refractivity contribution in [3.05, 3.63) is 48.3 Å². The maximum absolute atomic E-state index is 12.4. The summed E-state index contributed by atoms with van der Waals surface area (Å²) in [6, 6.07) is 12.0. The van der Waals surface area contributed by atoms with Gasteiger partial charge in [0.25, 0.3) is 0 Å². The lowest BCUT2D eigenvalue weighted by atomic mass is 10.3.